The van der Waals surface area contributed by atoms with Crippen molar-refractivity contribution in [3.63, 3.8) is 0 Å². The fraction of sp³-hybridized carbons (Fsp3) is 1.00. The summed E-state index contributed by atoms with van der Waals surface area (Å²) in [5.74, 6) is -0.532. The van der Waals surface area contributed by atoms with E-state index < -0.39 is 5.79 Å². The van der Waals surface area contributed by atoms with Gasteiger partial charge in [0, 0.05) is 12.0 Å². The normalized spacial score (nSPS) is 34.0. The molecule has 1 unspecified atom stereocenters. The minimum Gasteiger partial charge on any atom is -0.396 e. The van der Waals surface area contributed by atoms with E-state index in [1.807, 2.05) is 13.8 Å². The molecule has 2 atom stereocenters. The first-order valence-corrected chi connectivity index (χ1v) is 5.80. The Morgan fingerprint density at radius 1 is 1.07 bits per heavy atom. The first-order chi connectivity index (χ1) is 6.83. The third kappa shape index (κ3) is 2.71. The highest BCUT2D eigenvalue weighted by Crippen LogP contribution is 2.42. The number of rotatable bonds is 3. The highest BCUT2D eigenvalue weighted by Gasteiger charge is 2.47. The molecule has 1 rings (SSSR count). The smallest absolute Gasteiger partial charge is 0.163 e. The lowest BCUT2D eigenvalue weighted by atomic mass is 9.77. The molecule has 1 heterocycles. The lowest BCUT2D eigenvalue weighted by Crippen LogP contribution is -2.55. The molecule has 0 aromatic rings. The second kappa shape index (κ2) is 4.40. The largest absolute Gasteiger partial charge is 0.396 e. The number of hydrogen-bond donors (Lipinski definition) is 1. The topological polar surface area (TPSA) is 38.7 Å². The summed E-state index contributed by atoms with van der Waals surface area (Å²) in [6.07, 6.45) is 1.91. The van der Waals surface area contributed by atoms with Crippen molar-refractivity contribution in [3.05, 3.63) is 0 Å². The molecule has 1 N–H and O–H groups in total. The maximum atomic E-state index is 9.06. The van der Waals surface area contributed by atoms with E-state index in [1.54, 1.807) is 0 Å². The summed E-state index contributed by atoms with van der Waals surface area (Å²) in [6, 6.07) is 0. The zero-order valence-electron chi connectivity index (χ0n) is 10.5. The van der Waals surface area contributed by atoms with Crippen molar-refractivity contribution in [1.29, 1.82) is 0 Å². The Bertz CT molecular complexity index is 211. The van der Waals surface area contributed by atoms with Gasteiger partial charge < -0.3 is 14.6 Å². The van der Waals surface area contributed by atoms with Gasteiger partial charge in [-0.25, -0.2) is 0 Å². The van der Waals surface area contributed by atoms with E-state index in [1.165, 1.54) is 0 Å². The molecule has 3 nitrogen and oxygen atoms in total. The molecule has 1 aliphatic rings. The molecule has 0 saturated carbocycles. The average molecular weight is 216 g/mol. The number of ether oxygens (including phenoxy) is 2. The molecule has 0 aromatic carbocycles. The summed E-state index contributed by atoms with van der Waals surface area (Å²) in [5.41, 5.74) is -0.0347. The van der Waals surface area contributed by atoms with Crippen LogP contribution in [0.25, 0.3) is 0 Å². The standard InChI is InChI=1S/C12H24O3/c1-6-9-11(2,3)10(7-8-13)15-12(4,5)14-9/h9-10,13H,6-8H2,1-5H3/t9-,10?/m1/s1. The zero-order valence-corrected chi connectivity index (χ0v) is 10.5. The van der Waals surface area contributed by atoms with Gasteiger partial charge in [-0.05, 0) is 26.7 Å². The van der Waals surface area contributed by atoms with E-state index in [0.29, 0.717) is 6.42 Å². The maximum Gasteiger partial charge on any atom is 0.163 e. The maximum absolute atomic E-state index is 9.06. The van der Waals surface area contributed by atoms with Gasteiger partial charge in [-0.15, -0.1) is 0 Å². The van der Waals surface area contributed by atoms with Gasteiger partial charge in [0.2, 0.25) is 0 Å². The molecule has 0 amide bonds. The summed E-state index contributed by atoms with van der Waals surface area (Å²) in [4.78, 5) is 0. The van der Waals surface area contributed by atoms with Crippen molar-refractivity contribution in [2.24, 2.45) is 5.41 Å². The van der Waals surface area contributed by atoms with Crippen LogP contribution in [0.2, 0.25) is 0 Å². The Hall–Kier alpha value is -0.120. The summed E-state index contributed by atoms with van der Waals surface area (Å²) < 4.78 is 11.8. The Balaban J connectivity index is 2.84. The van der Waals surface area contributed by atoms with Gasteiger partial charge in [0.15, 0.2) is 5.79 Å². The molecule has 15 heavy (non-hydrogen) atoms. The van der Waals surface area contributed by atoms with Gasteiger partial charge in [-0.1, -0.05) is 20.8 Å². The average Bonchev–Trinajstić information content (AvgIpc) is 2.11. The van der Waals surface area contributed by atoms with Crippen LogP contribution in [0, 0.1) is 5.41 Å². The quantitative estimate of drug-likeness (QED) is 0.787. The van der Waals surface area contributed by atoms with E-state index in [4.69, 9.17) is 14.6 Å². The Labute approximate surface area is 92.8 Å². The van der Waals surface area contributed by atoms with Crippen molar-refractivity contribution in [3.8, 4) is 0 Å². The van der Waals surface area contributed by atoms with E-state index in [9.17, 15) is 0 Å². The van der Waals surface area contributed by atoms with Gasteiger partial charge in [-0.3, -0.25) is 0 Å². The van der Waals surface area contributed by atoms with Crippen LogP contribution in [0.4, 0.5) is 0 Å². The molecule has 90 valence electrons. The van der Waals surface area contributed by atoms with Gasteiger partial charge >= 0.3 is 0 Å². The summed E-state index contributed by atoms with van der Waals surface area (Å²) >= 11 is 0. The second-order valence-electron chi connectivity index (χ2n) is 5.35. The van der Waals surface area contributed by atoms with Crippen molar-refractivity contribution in [1.82, 2.24) is 0 Å². The van der Waals surface area contributed by atoms with E-state index in [2.05, 4.69) is 20.8 Å². The predicted octanol–water partition coefficient (Wildman–Crippen LogP) is 2.33. The molecule has 0 spiro atoms. The van der Waals surface area contributed by atoms with Crippen molar-refractivity contribution < 1.29 is 14.6 Å². The van der Waals surface area contributed by atoms with Crippen LogP contribution in [0.5, 0.6) is 0 Å². The summed E-state index contributed by atoms with van der Waals surface area (Å²) in [7, 11) is 0. The highest BCUT2D eigenvalue weighted by molar-refractivity contribution is 4.91. The van der Waals surface area contributed by atoms with E-state index in [-0.39, 0.29) is 24.2 Å². The number of hydrogen-bond acceptors (Lipinski definition) is 3. The van der Waals surface area contributed by atoms with Crippen molar-refractivity contribution in [2.45, 2.75) is 65.5 Å². The van der Waals surface area contributed by atoms with Gasteiger partial charge in [0.05, 0.1) is 12.2 Å². The van der Waals surface area contributed by atoms with E-state index in [0.717, 1.165) is 6.42 Å². The molecule has 1 fully saturated rings. The summed E-state index contributed by atoms with van der Waals surface area (Å²) in [5, 5.41) is 9.06. The molecule has 1 saturated heterocycles. The predicted molar refractivity (Wildman–Crippen MR) is 59.6 cm³/mol. The lowest BCUT2D eigenvalue weighted by Gasteiger charge is -2.51. The van der Waals surface area contributed by atoms with Crippen LogP contribution < -0.4 is 0 Å². The Morgan fingerprint density at radius 2 is 1.60 bits per heavy atom. The zero-order chi connectivity index (χ0) is 11.7. The molecule has 3 heteroatoms. The van der Waals surface area contributed by atoms with Gasteiger partial charge in [0.25, 0.3) is 0 Å². The van der Waals surface area contributed by atoms with Crippen LogP contribution in [0.15, 0.2) is 0 Å². The Morgan fingerprint density at radius 3 is 2.07 bits per heavy atom. The molecule has 1 aliphatic heterocycles. The lowest BCUT2D eigenvalue weighted by molar-refractivity contribution is -0.343. The van der Waals surface area contributed by atoms with Crippen LogP contribution in [0.3, 0.4) is 0 Å². The third-order valence-electron chi connectivity index (χ3n) is 3.27. The molecule has 0 aliphatic carbocycles. The van der Waals surface area contributed by atoms with Crippen LogP contribution in [-0.2, 0) is 9.47 Å². The van der Waals surface area contributed by atoms with E-state index >= 15 is 0 Å². The SMILES string of the molecule is CC[C@H]1OC(C)(C)OC(CCO)C1(C)C. The fourth-order valence-electron chi connectivity index (χ4n) is 2.38. The van der Waals surface area contributed by atoms with Crippen molar-refractivity contribution >= 4 is 0 Å². The second-order valence-corrected chi connectivity index (χ2v) is 5.35. The number of aliphatic hydroxyl groups excluding tert-OH is 1. The molecule has 0 radical (unpaired) electrons. The van der Waals surface area contributed by atoms with Gasteiger partial charge in [0.1, 0.15) is 0 Å². The van der Waals surface area contributed by atoms with Crippen molar-refractivity contribution in [2.75, 3.05) is 6.61 Å². The van der Waals surface area contributed by atoms with Crippen LogP contribution in [0.1, 0.15) is 47.5 Å². The molecular formula is C12H24O3. The third-order valence-corrected chi connectivity index (χ3v) is 3.27. The minimum atomic E-state index is -0.532. The number of aliphatic hydroxyl groups is 1. The molecule has 0 aromatic heterocycles. The monoisotopic (exact) mass is 216 g/mol. The van der Waals surface area contributed by atoms with Crippen LogP contribution >= 0.6 is 0 Å². The highest BCUT2D eigenvalue weighted by atomic mass is 16.7. The summed E-state index contributed by atoms with van der Waals surface area (Å²) in [6.45, 7) is 10.5. The first kappa shape index (κ1) is 12.9. The minimum absolute atomic E-state index is 0.0347. The molecular weight excluding hydrogens is 192 g/mol. The fourth-order valence-corrected chi connectivity index (χ4v) is 2.38. The van der Waals surface area contributed by atoms with Crippen LogP contribution in [-0.4, -0.2) is 29.7 Å². The molecule has 0 bridgehead atoms. The van der Waals surface area contributed by atoms with Gasteiger partial charge in [-0.2, -0.15) is 0 Å². The Kier molecular flexibility index (Phi) is 3.80. The first-order valence-electron chi connectivity index (χ1n) is 5.80.